The maximum Gasteiger partial charge on any atom is 0.225 e. The highest BCUT2D eigenvalue weighted by Crippen LogP contribution is 2.31. The fourth-order valence-electron chi connectivity index (χ4n) is 5.45. The fraction of sp³-hybridized carbons (Fsp3) is 0.704. The highest BCUT2D eigenvalue weighted by atomic mass is 16.5. The molecule has 1 aliphatic heterocycles. The number of likely N-dealkylation sites (N-methyl/N-ethyl adjacent to an activating group) is 1. The lowest BCUT2D eigenvalue weighted by Crippen LogP contribution is -2.49. The van der Waals surface area contributed by atoms with Crippen LogP contribution in [0.5, 0.6) is 5.75 Å². The monoisotopic (exact) mass is 442 g/mol. The first-order valence-electron chi connectivity index (χ1n) is 12.6. The third-order valence-corrected chi connectivity index (χ3v) is 7.40. The lowest BCUT2D eigenvalue weighted by atomic mass is 9.83. The number of hydrogen-bond acceptors (Lipinski definition) is 3. The standard InChI is InChI=1S/C27H42N2O3/c1-20(2)17-26(30)28(3)25(19-21-9-8-12-24(18-21)32-4)22-13-15-29(16-14-22)27(31)23-10-6-5-7-11-23/h8-9,12,18,20,22-23,25H,5-7,10-11,13-17,19H2,1-4H3/t25-/m1/s1. The van der Waals surface area contributed by atoms with Gasteiger partial charge in [0.15, 0.2) is 0 Å². The molecule has 0 spiro atoms. The van der Waals surface area contributed by atoms with Gasteiger partial charge in [0.1, 0.15) is 5.75 Å². The Morgan fingerprint density at radius 3 is 2.41 bits per heavy atom. The summed E-state index contributed by atoms with van der Waals surface area (Å²) in [5.41, 5.74) is 1.19. The van der Waals surface area contributed by atoms with Gasteiger partial charge >= 0.3 is 0 Å². The van der Waals surface area contributed by atoms with Crippen molar-refractivity contribution in [2.24, 2.45) is 17.8 Å². The topological polar surface area (TPSA) is 49.9 Å². The average Bonchev–Trinajstić information content (AvgIpc) is 2.82. The Kier molecular flexibility index (Phi) is 9.01. The summed E-state index contributed by atoms with van der Waals surface area (Å²) in [6.45, 7) is 5.83. The maximum absolute atomic E-state index is 13.0. The Hall–Kier alpha value is -2.04. The van der Waals surface area contributed by atoms with Crippen LogP contribution < -0.4 is 4.74 Å². The molecule has 5 heteroatoms. The largest absolute Gasteiger partial charge is 0.497 e. The van der Waals surface area contributed by atoms with Gasteiger partial charge in [0.2, 0.25) is 11.8 Å². The van der Waals surface area contributed by atoms with Crippen molar-refractivity contribution in [2.75, 3.05) is 27.2 Å². The molecule has 3 rings (SSSR count). The predicted molar refractivity (Wildman–Crippen MR) is 129 cm³/mol. The summed E-state index contributed by atoms with van der Waals surface area (Å²) in [7, 11) is 3.66. The van der Waals surface area contributed by atoms with Crippen molar-refractivity contribution in [1.29, 1.82) is 0 Å². The quantitative estimate of drug-likeness (QED) is 0.574. The number of likely N-dealkylation sites (tertiary alicyclic amines) is 1. The van der Waals surface area contributed by atoms with E-state index >= 15 is 0 Å². The van der Waals surface area contributed by atoms with Crippen molar-refractivity contribution in [1.82, 2.24) is 9.80 Å². The number of ether oxygens (including phenoxy) is 1. The van der Waals surface area contributed by atoms with Gasteiger partial charge < -0.3 is 14.5 Å². The molecule has 1 aliphatic carbocycles. The van der Waals surface area contributed by atoms with Gasteiger partial charge in [0, 0.05) is 38.5 Å². The van der Waals surface area contributed by atoms with E-state index in [1.165, 1.54) is 24.8 Å². The van der Waals surface area contributed by atoms with Crippen LogP contribution in [0.4, 0.5) is 0 Å². The molecule has 2 fully saturated rings. The summed E-state index contributed by atoms with van der Waals surface area (Å²) in [5.74, 6) is 2.42. The predicted octanol–water partition coefficient (Wildman–Crippen LogP) is 4.93. The van der Waals surface area contributed by atoms with Gasteiger partial charge in [0.25, 0.3) is 0 Å². The summed E-state index contributed by atoms with van der Waals surface area (Å²) in [5, 5.41) is 0. The molecule has 2 amide bonds. The fourth-order valence-corrected chi connectivity index (χ4v) is 5.45. The molecule has 1 atom stereocenters. The van der Waals surface area contributed by atoms with Crippen LogP contribution in [0.25, 0.3) is 0 Å². The van der Waals surface area contributed by atoms with E-state index in [-0.39, 0.29) is 17.9 Å². The summed E-state index contributed by atoms with van der Waals surface area (Å²) >= 11 is 0. The van der Waals surface area contributed by atoms with Gasteiger partial charge in [-0.15, -0.1) is 0 Å². The molecule has 1 saturated carbocycles. The molecule has 1 heterocycles. The van der Waals surface area contributed by atoms with Gasteiger partial charge in [0.05, 0.1) is 7.11 Å². The van der Waals surface area contributed by atoms with Crippen molar-refractivity contribution >= 4 is 11.8 Å². The summed E-state index contributed by atoms with van der Waals surface area (Å²) < 4.78 is 5.42. The van der Waals surface area contributed by atoms with Crippen LogP contribution in [0.2, 0.25) is 0 Å². The Labute approximate surface area is 194 Å². The molecule has 0 aromatic heterocycles. The van der Waals surface area contributed by atoms with Crippen molar-refractivity contribution in [3.63, 3.8) is 0 Å². The van der Waals surface area contributed by atoms with Gasteiger partial charge in [-0.2, -0.15) is 0 Å². The van der Waals surface area contributed by atoms with Gasteiger partial charge in [-0.05, 0) is 61.6 Å². The number of benzene rings is 1. The number of nitrogens with zero attached hydrogens (tertiary/aromatic N) is 2. The minimum atomic E-state index is 0.139. The van der Waals surface area contributed by atoms with Crippen LogP contribution in [-0.4, -0.2) is 54.9 Å². The van der Waals surface area contributed by atoms with E-state index in [9.17, 15) is 9.59 Å². The van der Waals surface area contributed by atoms with Gasteiger partial charge in [-0.3, -0.25) is 9.59 Å². The Bertz CT molecular complexity index is 749. The van der Waals surface area contributed by atoms with E-state index in [1.807, 2.05) is 24.1 Å². The molecule has 1 aromatic rings. The Morgan fingerprint density at radius 2 is 1.78 bits per heavy atom. The zero-order valence-electron chi connectivity index (χ0n) is 20.5. The van der Waals surface area contributed by atoms with Crippen molar-refractivity contribution in [3.8, 4) is 5.75 Å². The van der Waals surface area contributed by atoms with Gasteiger partial charge in [-0.1, -0.05) is 45.2 Å². The van der Waals surface area contributed by atoms with Crippen LogP contribution in [0, 0.1) is 17.8 Å². The molecule has 0 radical (unpaired) electrons. The van der Waals surface area contributed by atoms with Crippen LogP contribution in [0.1, 0.15) is 70.8 Å². The van der Waals surface area contributed by atoms with Crippen molar-refractivity contribution in [2.45, 2.75) is 77.7 Å². The SMILES string of the molecule is COc1cccc(C[C@H](C2CCN(C(=O)C3CCCCC3)CC2)N(C)C(=O)CC(C)C)c1. The summed E-state index contributed by atoms with van der Waals surface area (Å²) in [6, 6.07) is 8.32. The molecular weight excluding hydrogens is 400 g/mol. The summed E-state index contributed by atoms with van der Waals surface area (Å²) in [4.78, 5) is 30.1. The first-order chi connectivity index (χ1) is 15.4. The first kappa shape index (κ1) is 24.6. The molecule has 0 unspecified atom stereocenters. The Balaban J connectivity index is 1.68. The van der Waals surface area contributed by atoms with Crippen LogP contribution in [0.15, 0.2) is 24.3 Å². The number of piperidine rings is 1. The summed E-state index contributed by atoms with van der Waals surface area (Å²) in [6.07, 6.45) is 9.10. The molecule has 1 aromatic carbocycles. The molecule has 0 N–H and O–H groups in total. The van der Waals surface area contributed by atoms with Crippen LogP contribution in [-0.2, 0) is 16.0 Å². The minimum Gasteiger partial charge on any atom is -0.497 e. The van der Waals surface area contributed by atoms with Crippen LogP contribution in [0.3, 0.4) is 0 Å². The molecule has 32 heavy (non-hydrogen) atoms. The zero-order valence-corrected chi connectivity index (χ0v) is 20.5. The highest BCUT2D eigenvalue weighted by Gasteiger charge is 2.34. The zero-order chi connectivity index (χ0) is 23.1. The third-order valence-electron chi connectivity index (χ3n) is 7.40. The van der Waals surface area contributed by atoms with E-state index in [0.29, 0.717) is 24.2 Å². The lowest BCUT2D eigenvalue weighted by molar-refractivity contribution is -0.140. The minimum absolute atomic E-state index is 0.139. The number of carbonyl (C=O) groups excluding carboxylic acids is 2. The first-order valence-corrected chi connectivity index (χ1v) is 12.6. The normalized spacial score (nSPS) is 19.1. The molecule has 2 aliphatic rings. The Morgan fingerprint density at radius 1 is 1.09 bits per heavy atom. The number of rotatable bonds is 8. The molecule has 1 saturated heterocycles. The number of amides is 2. The number of hydrogen-bond donors (Lipinski definition) is 0. The maximum atomic E-state index is 13.0. The van der Waals surface area contributed by atoms with E-state index in [0.717, 1.165) is 50.9 Å². The highest BCUT2D eigenvalue weighted by molar-refractivity contribution is 5.79. The van der Waals surface area contributed by atoms with E-state index in [4.69, 9.17) is 4.74 Å². The number of carbonyl (C=O) groups is 2. The molecule has 178 valence electrons. The van der Waals surface area contributed by atoms with E-state index in [1.54, 1.807) is 7.11 Å². The second-order valence-electron chi connectivity index (χ2n) is 10.2. The van der Waals surface area contributed by atoms with Crippen molar-refractivity contribution in [3.05, 3.63) is 29.8 Å². The molecule has 0 bridgehead atoms. The van der Waals surface area contributed by atoms with Crippen molar-refractivity contribution < 1.29 is 14.3 Å². The smallest absolute Gasteiger partial charge is 0.225 e. The average molecular weight is 443 g/mol. The molecular formula is C27H42N2O3. The second-order valence-corrected chi connectivity index (χ2v) is 10.2. The molecule has 5 nitrogen and oxygen atoms in total. The number of methoxy groups -OCH3 is 1. The third kappa shape index (κ3) is 6.49. The van der Waals surface area contributed by atoms with E-state index in [2.05, 4.69) is 30.9 Å². The lowest BCUT2D eigenvalue weighted by Gasteiger charge is -2.41. The van der Waals surface area contributed by atoms with Crippen LogP contribution >= 0.6 is 0 Å². The van der Waals surface area contributed by atoms with Gasteiger partial charge in [-0.25, -0.2) is 0 Å². The second kappa shape index (κ2) is 11.7. The van der Waals surface area contributed by atoms with E-state index < -0.39 is 0 Å².